The van der Waals surface area contributed by atoms with Crippen molar-refractivity contribution in [1.29, 1.82) is 5.26 Å². The summed E-state index contributed by atoms with van der Waals surface area (Å²) in [5, 5.41) is 17.8. The Labute approximate surface area is 251 Å². The number of rotatable bonds is 8. The first kappa shape index (κ1) is 29.6. The van der Waals surface area contributed by atoms with Crippen molar-refractivity contribution < 1.29 is 22.7 Å². The number of fused-ring (bicyclic) bond motifs is 1. The summed E-state index contributed by atoms with van der Waals surface area (Å²) in [7, 11) is 0. The number of alkyl halides is 3. The van der Waals surface area contributed by atoms with Gasteiger partial charge in [-0.2, -0.15) is 23.5 Å². The number of hydrogen-bond acceptors (Lipinski definition) is 8. The largest absolute Gasteiger partial charge is 0.474 e. The van der Waals surface area contributed by atoms with Gasteiger partial charge in [0, 0.05) is 60.1 Å². The van der Waals surface area contributed by atoms with Crippen LogP contribution in [-0.4, -0.2) is 71.8 Å². The predicted molar refractivity (Wildman–Crippen MR) is 153 cm³/mol. The predicted octanol–water partition coefficient (Wildman–Crippen LogP) is 4.69. The highest BCUT2D eigenvalue weighted by molar-refractivity contribution is 5.94. The Morgan fingerprint density at radius 2 is 2.00 bits per heavy atom. The number of H-pyrrole nitrogens is 1. The number of carbonyl (C=O) groups is 1. The highest BCUT2D eigenvalue weighted by Gasteiger charge is 2.48. The molecule has 0 aromatic carbocycles. The summed E-state index contributed by atoms with van der Waals surface area (Å²) in [6.07, 6.45) is 5.11. The van der Waals surface area contributed by atoms with Gasteiger partial charge in [-0.1, -0.05) is 0 Å². The number of nitriles is 1. The molecule has 0 unspecified atom stereocenters. The number of amides is 1. The van der Waals surface area contributed by atoms with Gasteiger partial charge in [-0.05, 0) is 51.7 Å². The van der Waals surface area contributed by atoms with Gasteiger partial charge in [0.25, 0.3) is 5.91 Å². The standard InChI is InChI=1S/C30H32F3N9O2/c1-18(2)39-28(43)19-11-24(30(31,32)33)40-25(12-19)44-22-5-3-21(4-6-22)41-15-29(16-41,8-9-34)42-14-20(13-38-42)26-23-7-10-35-27(23)37-17-36-26/h7,10-14,17-18,21-22H,3-6,8,15-16H2,1-2H3,(H,39,43)(H,35,36,37). The van der Waals surface area contributed by atoms with Crippen LogP contribution in [0.5, 0.6) is 5.88 Å². The van der Waals surface area contributed by atoms with Crippen molar-refractivity contribution in [3.05, 3.63) is 54.4 Å². The van der Waals surface area contributed by atoms with Gasteiger partial charge in [0.2, 0.25) is 5.88 Å². The summed E-state index contributed by atoms with van der Waals surface area (Å²) >= 11 is 0. The third kappa shape index (κ3) is 5.84. The van der Waals surface area contributed by atoms with Crippen LogP contribution in [0, 0.1) is 11.3 Å². The van der Waals surface area contributed by atoms with Gasteiger partial charge in [0.15, 0.2) is 0 Å². The number of ether oxygens (including phenoxy) is 1. The number of halogens is 3. The van der Waals surface area contributed by atoms with Crippen LogP contribution in [-0.2, 0) is 11.7 Å². The second-order valence-electron chi connectivity index (χ2n) is 11.9. The first-order valence-corrected chi connectivity index (χ1v) is 14.6. The van der Waals surface area contributed by atoms with E-state index in [0.29, 0.717) is 32.4 Å². The number of carbonyl (C=O) groups excluding carboxylic acids is 1. The van der Waals surface area contributed by atoms with Crippen LogP contribution < -0.4 is 10.1 Å². The van der Waals surface area contributed by atoms with Crippen LogP contribution in [0.2, 0.25) is 0 Å². The van der Waals surface area contributed by atoms with Gasteiger partial charge < -0.3 is 15.0 Å². The number of aromatic nitrogens is 6. The molecule has 2 N–H and O–H groups in total. The zero-order chi connectivity index (χ0) is 31.1. The zero-order valence-corrected chi connectivity index (χ0v) is 24.3. The van der Waals surface area contributed by atoms with Crippen LogP contribution in [0.25, 0.3) is 22.3 Å². The molecule has 0 atom stereocenters. The molecule has 1 saturated carbocycles. The first-order valence-electron chi connectivity index (χ1n) is 14.6. The number of likely N-dealkylation sites (tertiary alicyclic amines) is 1. The molecule has 1 saturated heterocycles. The molecule has 1 aliphatic carbocycles. The molecule has 14 heteroatoms. The molecule has 0 bridgehead atoms. The third-order valence-electron chi connectivity index (χ3n) is 8.32. The van der Waals surface area contributed by atoms with E-state index in [1.165, 1.54) is 12.4 Å². The average Bonchev–Trinajstić information content (AvgIpc) is 3.65. The Kier molecular flexibility index (Phi) is 7.75. The molecule has 11 nitrogen and oxygen atoms in total. The zero-order valence-electron chi connectivity index (χ0n) is 24.3. The van der Waals surface area contributed by atoms with Crippen molar-refractivity contribution >= 4 is 16.9 Å². The van der Waals surface area contributed by atoms with Gasteiger partial charge in [-0.15, -0.1) is 0 Å². The third-order valence-corrected chi connectivity index (χ3v) is 8.32. The van der Waals surface area contributed by atoms with E-state index >= 15 is 0 Å². The summed E-state index contributed by atoms with van der Waals surface area (Å²) in [5.74, 6) is -0.816. The minimum absolute atomic E-state index is 0.141. The molecule has 2 aliphatic rings. The molecule has 230 valence electrons. The summed E-state index contributed by atoms with van der Waals surface area (Å²) in [5.41, 5.74) is 0.596. The molecule has 4 aromatic heterocycles. The van der Waals surface area contributed by atoms with E-state index in [4.69, 9.17) is 4.74 Å². The van der Waals surface area contributed by atoms with Crippen LogP contribution in [0.4, 0.5) is 13.2 Å². The number of nitrogens with zero attached hydrogens (tertiary/aromatic N) is 7. The van der Waals surface area contributed by atoms with Gasteiger partial charge in [0.05, 0.1) is 24.4 Å². The van der Waals surface area contributed by atoms with Crippen molar-refractivity contribution in [2.45, 2.75) is 75.9 Å². The number of hydrogen-bond donors (Lipinski definition) is 2. The van der Waals surface area contributed by atoms with Gasteiger partial charge in [0.1, 0.15) is 29.3 Å². The first-order chi connectivity index (χ1) is 21.0. The molecular formula is C30H32F3N9O2. The Balaban J connectivity index is 1.09. The fourth-order valence-electron chi connectivity index (χ4n) is 6.15. The SMILES string of the molecule is CC(C)NC(=O)c1cc(OC2CCC(N3CC(CC#N)(n4cc(-c5ncnc6[nH]ccc56)cn4)C3)CC2)nc(C(F)(F)F)c1. The van der Waals surface area contributed by atoms with Crippen molar-refractivity contribution in [2.24, 2.45) is 0 Å². The van der Waals surface area contributed by atoms with Crippen molar-refractivity contribution in [1.82, 2.24) is 39.9 Å². The van der Waals surface area contributed by atoms with Gasteiger partial charge >= 0.3 is 6.18 Å². The molecule has 1 aliphatic heterocycles. The maximum atomic E-state index is 13.5. The van der Waals surface area contributed by atoms with E-state index < -0.39 is 23.3 Å². The lowest BCUT2D eigenvalue weighted by molar-refractivity contribution is -0.141. The maximum absolute atomic E-state index is 13.5. The van der Waals surface area contributed by atoms with Gasteiger partial charge in [-0.3, -0.25) is 14.4 Å². The Hall–Kier alpha value is -4.51. The molecule has 0 radical (unpaired) electrons. The molecule has 0 spiro atoms. The summed E-state index contributed by atoms with van der Waals surface area (Å²) in [6, 6.07) is 6.28. The maximum Gasteiger partial charge on any atom is 0.433 e. The highest BCUT2D eigenvalue weighted by Crippen LogP contribution is 2.39. The van der Waals surface area contributed by atoms with Crippen LogP contribution in [0.3, 0.4) is 0 Å². The Morgan fingerprint density at radius 3 is 2.70 bits per heavy atom. The fraction of sp³-hybridized carbons (Fsp3) is 0.467. The molecule has 4 aromatic rings. The monoisotopic (exact) mass is 607 g/mol. The van der Waals surface area contributed by atoms with Gasteiger partial charge in [-0.25, -0.2) is 15.0 Å². The van der Waals surface area contributed by atoms with Crippen LogP contribution >= 0.6 is 0 Å². The lowest BCUT2D eigenvalue weighted by Crippen LogP contribution is -2.65. The second-order valence-corrected chi connectivity index (χ2v) is 11.9. The summed E-state index contributed by atoms with van der Waals surface area (Å²) < 4.78 is 48.4. The van der Waals surface area contributed by atoms with E-state index in [2.05, 4.69) is 41.3 Å². The van der Waals surface area contributed by atoms with Crippen molar-refractivity contribution in [2.75, 3.05) is 13.1 Å². The number of aromatic amines is 1. The van der Waals surface area contributed by atoms with E-state index in [9.17, 15) is 23.2 Å². The molecule has 1 amide bonds. The smallest absolute Gasteiger partial charge is 0.433 e. The molecule has 2 fully saturated rings. The number of pyridine rings is 1. The van der Waals surface area contributed by atoms with Crippen LogP contribution in [0.1, 0.15) is 62.0 Å². The fourth-order valence-corrected chi connectivity index (χ4v) is 6.15. The minimum Gasteiger partial charge on any atom is -0.474 e. The van der Waals surface area contributed by atoms with Crippen molar-refractivity contribution in [3.63, 3.8) is 0 Å². The van der Waals surface area contributed by atoms with E-state index in [0.717, 1.165) is 41.2 Å². The van der Waals surface area contributed by atoms with E-state index in [1.54, 1.807) is 20.0 Å². The Morgan fingerprint density at radius 1 is 1.23 bits per heavy atom. The van der Waals surface area contributed by atoms with Crippen molar-refractivity contribution in [3.8, 4) is 23.2 Å². The highest BCUT2D eigenvalue weighted by atomic mass is 19.4. The van der Waals surface area contributed by atoms with Crippen LogP contribution in [0.15, 0.2) is 43.1 Å². The van der Waals surface area contributed by atoms with E-state index in [-0.39, 0.29) is 29.6 Å². The summed E-state index contributed by atoms with van der Waals surface area (Å²) in [6.45, 7) is 4.78. The molecule has 5 heterocycles. The minimum atomic E-state index is -4.71. The normalized spacial score (nSPS) is 20.3. The molecular weight excluding hydrogens is 575 g/mol. The Bertz CT molecular complexity index is 1690. The second kappa shape index (κ2) is 11.5. The lowest BCUT2D eigenvalue weighted by atomic mass is 9.82. The number of nitrogens with one attached hydrogen (secondary N) is 2. The topological polar surface area (TPSA) is 138 Å². The molecule has 6 rings (SSSR count). The quantitative estimate of drug-likeness (QED) is 0.294. The summed E-state index contributed by atoms with van der Waals surface area (Å²) in [4.78, 5) is 30.2. The average molecular weight is 608 g/mol. The lowest BCUT2D eigenvalue weighted by Gasteiger charge is -2.53. The molecule has 44 heavy (non-hydrogen) atoms. The van der Waals surface area contributed by atoms with E-state index in [1.807, 2.05) is 23.1 Å².